The molecule has 0 amide bonds. The zero-order valence-corrected chi connectivity index (χ0v) is 14.1. The largest absolute Gasteiger partial charge is 0.315 e. The van der Waals surface area contributed by atoms with Gasteiger partial charge in [0.15, 0.2) is 0 Å². The van der Waals surface area contributed by atoms with E-state index in [4.69, 9.17) is 0 Å². The Bertz CT molecular complexity index is 495. The van der Waals surface area contributed by atoms with Crippen molar-refractivity contribution in [1.82, 2.24) is 10.2 Å². The molecule has 1 N–H and O–H groups in total. The summed E-state index contributed by atoms with van der Waals surface area (Å²) in [6.07, 6.45) is 1.11. The molecule has 0 aliphatic rings. The smallest absolute Gasteiger partial charge is 0.0472 e. The van der Waals surface area contributed by atoms with E-state index in [2.05, 4.69) is 79.0 Å². The van der Waals surface area contributed by atoms with Crippen LogP contribution in [0.1, 0.15) is 30.3 Å². The Balaban J connectivity index is 2.07. The van der Waals surface area contributed by atoms with Gasteiger partial charge >= 0.3 is 0 Å². The summed E-state index contributed by atoms with van der Waals surface area (Å²) in [5, 5.41) is 5.66. The van der Waals surface area contributed by atoms with Crippen LogP contribution in [-0.4, -0.2) is 31.1 Å². The average Bonchev–Trinajstić information content (AvgIpc) is 3.01. The molecule has 0 fully saturated rings. The van der Waals surface area contributed by atoms with Crippen molar-refractivity contribution in [2.45, 2.75) is 32.4 Å². The molecule has 1 aromatic carbocycles. The molecular formula is C18H26N2S. The molecule has 2 aromatic rings. The predicted molar refractivity (Wildman–Crippen MR) is 93.0 cm³/mol. The van der Waals surface area contributed by atoms with Crippen LogP contribution in [-0.2, 0) is 6.42 Å². The number of thiophene rings is 1. The molecule has 0 aliphatic carbocycles. The van der Waals surface area contributed by atoms with Crippen LogP contribution in [0.4, 0.5) is 0 Å². The molecule has 0 bridgehead atoms. The standard InChI is InChI=1S/C18H26N2S/c1-4-19-14-18(16-9-6-5-7-10-16)20(3)15(2)13-17-11-8-12-21-17/h5-12,15,18-19H,4,13-14H2,1-3H3. The molecule has 2 nitrogen and oxygen atoms in total. The zero-order valence-electron chi connectivity index (χ0n) is 13.3. The summed E-state index contributed by atoms with van der Waals surface area (Å²) in [5.74, 6) is 0. The van der Waals surface area contributed by atoms with Gasteiger partial charge in [0, 0.05) is 23.5 Å². The van der Waals surface area contributed by atoms with Crippen molar-refractivity contribution in [3.05, 3.63) is 58.3 Å². The minimum atomic E-state index is 0.418. The van der Waals surface area contributed by atoms with Gasteiger partial charge in [-0.15, -0.1) is 11.3 Å². The molecule has 0 aliphatic heterocycles. The van der Waals surface area contributed by atoms with E-state index in [1.807, 2.05) is 11.3 Å². The highest BCUT2D eigenvalue weighted by Gasteiger charge is 2.21. The summed E-state index contributed by atoms with van der Waals surface area (Å²) in [6.45, 7) is 6.49. The molecule has 1 heterocycles. The second kappa shape index (κ2) is 8.32. The summed E-state index contributed by atoms with van der Waals surface area (Å²) in [4.78, 5) is 3.96. The average molecular weight is 302 g/mol. The molecule has 0 saturated heterocycles. The second-order valence-electron chi connectivity index (χ2n) is 5.53. The topological polar surface area (TPSA) is 15.3 Å². The minimum Gasteiger partial charge on any atom is -0.315 e. The molecule has 2 unspecified atom stereocenters. The molecule has 2 rings (SSSR count). The monoisotopic (exact) mass is 302 g/mol. The van der Waals surface area contributed by atoms with Crippen LogP contribution in [0.2, 0.25) is 0 Å². The van der Waals surface area contributed by atoms with Gasteiger partial charge in [0.1, 0.15) is 0 Å². The lowest BCUT2D eigenvalue weighted by Crippen LogP contribution is -2.39. The maximum absolute atomic E-state index is 3.50. The first-order chi connectivity index (χ1) is 10.2. The summed E-state index contributed by atoms with van der Waals surface area (Å²) < 4.78 is 0. The van der Waals surface area contributed by atoms with Gasteiger partial charge in [0.05, 0.1) is 0 Å². The third-order valence-corrected chi connectivity index (χ3v) is 4.93. The van der Waals surface area contributed by atoms with Crippen molar-refractivity contribution in [3.8, 4) is 0 Å². The molecule has 1 aromatic heterocycles. The van der Waals surface area contributed by atoms with Crippen molar-refractivity contribution in [2.75, 3.05) is 20.1 Å². The maximum atomic E-state index is 3.50. The Labute approximate surface area is 132 Å². The highest BCUT2D eigenvalue weighted by molar-refractivity contribution is 7.09. The summed E-state index contributed by atoms with van der Waals surface area (Å²) in [5.41, 5.74) is 1.39. The fraction of sp³-hybridized carbons (Fsp3) is 0.444. The normalized spacial score (nSPS) is 14.3. The zero-order chi connectivity index (χ0) is 15.1. The van der Waals surface area contributed by atoms with Gasteiger partial charge < -0.3 is 5.32 Å². The highest BCUT2D eigenvalue weighted by atomic mass is 32.1. The van der Waals surface area contributed by atoms with Crippen LogP contribution in [0.5, 0.6) is 0 Å². The van der Waals surface area contributed by atoms with Crippen molar-refractivity contribution in [1.29, 1.82) is 0 Å². The van der Waals surface area contributed by atoms with E-state index in [1.54, 1.807) is 0 Å². The third-order valence-electron chi connectivity index (χ3n) is 4.04. The molecule has 0 spiro atoms. The Morgan fingerprint density at radius 2 is 1.90 bits per heavy atom. The fourth-order valence-corrected chi connectivity index (χ4v) is 3.45. The van der Waals surface area contributed by atoms with Gasteiger partial charge in [0.2, 0.25) is 0 Å². The van der Waals surface area contributed by atoms with Crippen LogP contribution in [0.25, 0.3) is 0 Å². The highest BCUT2D eigenvalue weighted by Crippen LogP contribution is 2.23. The Kier molecular flexibility index (Phi) is 6.43. The van der Waals surface area contributed by atoms with Crippen molar-refractivity contribution < 1.29 is 0 Å². The summed E-state index contributed by atoms with van der Waals surface area (Å²) in [7, 11) is 2.24. The number of hydrogen-bond acceptors (Lipinski definition) is 3. The number of hydrogen-bond donors (Lipinski definition) is 1. The van der Waals surface area contributed by atoms with E-state index in [0.29, 0.717) is 12.1 Å². The lowest BCUT2D eigenvalue weighted by molar-refractivity contribution is 0.180. The van der Waals surface area contributed by atoms with Crippen LogP contribution in [0, 0.1) is 0 Å². The minimum absolute atomic E-state index is 0.418. The van der Waals surface area contributed by atoms with Gasteiger partial charge in [-0.3, -0.25) is 4.90 Å². The first-order valence-corrected chi connectivity index (χ1v) is 8.60. The van der Waals surface area contributed by atoms with Gasteiger partial charge in [-0.25, -0.2) is 0 Å². The Hall–Kier alpha value is -1.16. The van der Waals surface area contributed by atoms with Crippen LogP contribution in [0.3, 0.4) is 0 Å². The van der Waals surface area contributed by atoms with E-state index in [9.17, 15) is 0 Å². The van der Waals surface area contributed by atoms with E-state index in [1.165, 1.54) is 10.4 Å². The SMILES string of the molecule is CCNCC(c1ccccc1)N(C)C(C)Cc1cccs1. The van der Waals surface area contributed by atoms with E-state index < -0.39 is 0 Å². The van der Waals surface area contributed by atoms with Crippen molar-refractivity contribution in [3.63, 3.8) is 0 Å². The first kappa shape index (κ1) is 16.2. The van der Waals surface area contributed by atoms with Crippen LogP contribution in [0.15, 0.2) is 47.8 Å². The maximum Gasteiger partial charge on any atom is 0.0472 e. The molecule has 0 radical (unpaired) electrons. The van der Waals surface area contributed by atoms with Crippen LogP contribution >= 0.6 is 11.3 Å². The molecule has 3 heteroatoms. The predicted octanol–water partition coefficient (Wildman–Crippen LogP) is 3.96. The number of rotatable bonds is 8. The van der Waals surface area contributed by atoms with Crippen LogP contribution < -0.4 is 5.32 Å². The van der Waals surface area contributed by atoms with E-state index in [-0.39, 0.29) is 0 Å². The lowest BCUT2D eigenvalue weighted by atomic mass is 10.0. The third kappa shape index (κ3) is 4.67. The molecule has 0 saturated carbocycles. The van der Waals surface area contributed by atoms with Crippen molar-refractivity contribution >= 4 is 11.3 Å². The first-order valence-electron chi connectivity index (χ1n) is 7.72. The van der Waals surface area contributed by atoms with Gasteiger partial charge in [0.25, 0.3) is 0 Å². The Morgan fingerprint density at radius 3 is 2.52 bits per heavy atom. The number of likely N-dealkylation sites (N-methyl/N-ethyl adjacent to an activating group) is 2. The van der Waals surface area contributed by atoms with E-state index in [0.717, 1.165) is 19.5 Å². The molecule has 2 atom stereocenters. The number of nitrogens with zero attached hydrogens (tertiary/aromatic N) is 1. The van der Waals surface area contributed by atoms with Gasteiger partial charge in [-0.05, 0) is 43.9 Å². The molecular weight excluding hydrogens is 276 g/mol. The Morgan fingerprint density at radius 1 is 1.14 bits per heavy atom. The van der Waals surface area contributed by atoms with Crippen molar-refractivity contribution in [2.24, 2.45) is 0 Å². The van der Waals surface area contributed by atoms with E-state index >= 15 is 0 Å². The molecule has 21 heavy (non-hydrogen) atoms. The van der Waals surface area contributed by atoms with Gasteiger partial charge in [-0.1, -0.05) is 43.3 Å². The second-order valence-corrected chi connectivity index (χ2v) is 6.56. The number of nitrogens with one attached hydrogen (secondary N) is 1. The summed E-state index contributed by atoms with van der Waals surface area (Å²) >= 11 is 1.85. The van der Waals surface area contributed by atoms with Gasteiger partial charge in [-0.2, -0.15) is 0 Å². The molecule has 114 valence electrons. The quantitative estimate of drug-likeness (QED) is 0.794. The lowest BCUT2D eigenvalue weighted by Gasteiger charge is -2.33. The summed E-state index contributed by atoms with van der Waals surface area (Å²) in [6, 6.07) is 16.1. The fourth-order valence-electron chi connectivity index (χ4n) is 2.62. The number of benzene rings is 1.